The number of fused-ring (bicyclic) bond motifs is 1. The number of ether oxygens (including phenoxy) is 2. The van der Waals surface area contributed by atoms with Crippen LogP contribution in [-0.4, -0.2) is 22.7 Å². The second-order valence-electron chi connectivity index (χ2n) is 8.59. The lowest BCUT2D eigenvalue weighted by Crippen LogP contribution is -2.27. The third-order valence-electron chi connectivity index (χ3n) is 5.98. The molecule has 1 fully saturated rings. The molecular formula is C30H23FINO4S. The number of hydrogen-bond acceptors (Lipinski definition) is 5. The quantitative estimate of drug-likeness (QED) is 0.146. The van der Waals surface area contributed by atoms with Gasteiger partial charge < -0.3 is 9.47 Å². The van der Waals surface area contributed by atoms with E-state index in [-0.39, 0.29) is 30.1 Å². The maximum atomic E-state index is 13.6. The Morgan fingerprint density at radius 1 is 0.974 bits per heavy atom. The van der Waals surface area contributed by atoms with E-state index >= 15 is 0 Å². The van der Waals surface area contributed by atoms with E-state index in [2.05, 4.69) is 22.6 Å². The summed E-state index contributed by atoms with van der Waals surface area (Å²) in [5.74, 6) is 0.401. The number of carbonyl (C=O) groups excluding carboxylic acids is 2. The molecule has 0 bridgehead atoms. The number of imide groups is 1. The molecule has 5 rings (SSSR count). The number of hydrogen-bond donors (Lipinski definition) is 0. The molecule has 1 heterocycles. The van der Waals surface area contributed by atoms with Crippen LogP contribution in [0.25, 0.3) is 16.8 Å². The van der Waals surface area contributed by atoms with E-state index in [1.165, 1.54) is 17.0 Å². The Kier molecular flexibility index (Phi) is 7.99. The van der Waals surface area contributed by atoms with Gasteiger partial charge in [-0.2, -0.15) is 0 Å². The van der Waals surface area contributed by atoms with Gasteiger partial charge in [-0.25, -0.2) is 4.39 Å². The van der Waals surface area contributed by atoms with Crippen molar-refractivity contribution in [2.75, 3.05) is 6.61 Å². The van der Waals surface area contributed by atoms with Gasteiger partial charge in [0, 0.05) is 0 Å². The van der Waals surface area contributed by atoms with Gasteiger partial charge in [0.25, 0.3) is 11.1 Å². The summed E-state index contributed by atoms with van der Waals surface area (Å²) in [6.07, 6.45) is 1.70. The molecule has 0 N–H and O–H groups in total. The van der Waals surface area contributed by atoms with Crippen LogP contribution in [0.5, 0.6) is 11.5 Å². The second-order valence-corrected chi connectivity index (χ2v) is 10.7. The lowest BCUT2D eigenvalue weighted by Gasteiger charge is -2.15. The molecule has 0 spiro atoms. The molecule has 1 aliphatic rings. The third-order valence-corrected chi connectivity index (χ3v) is 7.69. The maximum Gasteiger partial charge on any atom is 0.293 e. The predicted octanol–water partition coefficient (Wildman–Crippen LogP) is 7.80. The van der Waals surface area contributed by atoms with Crippen LogP contribution in [0.3, 0.4) is 0 Å². The van der Waals surface area contributed by atoms with Crippen LogP contribution in [-0.2, 0) is 17.9 Å². The molecule has 5 nitrogen and oxygen atoms in total. The van der Waals surface area contributed by atoms with Gasteiger partial charge in [-0.15, -0.1) is 0 Å². The zero-order valence-corrected chi connectivity index (χ0v) is 23.4. The number of halogens is 2. The molecule has 0 radical (unpaired) electrons. The monoisotopic (exact) mass is 639 g/mol. The molecule has 38 heavy (non-hydrogen) atoms. The number of amides is 2. The van der Waals surface area contributed by atoms with Gasteiger partial charge in [-0.05, 0) is 99.1 Å². The van der Waals surface area contributed by atoms with E-state index in [1.807, 2.05) is 55.5 Å². The van der Waals surface area contributed by atoms with Gasteiger partial charge in [0.1, 0.15) is 12.4 Å². The van der Waals surface area contributed by atoms with Crippen LogP contribution >= 0.6 is 34.4 Å². The molecule has 4 aromatic rings. The van der Waals surface area contributed by atoms with Crippen molar-refractivity contribution in [3.8, 4) is 11.5 Å². The van der Waals surface area contributed by atoms with Crippen LogP contribution < -0.4 is 9.47 Å². The molecule has 0 aliphatic carbocycles. The minimum absolute atomic E-state index is 0.181. The molecule has 0 unspecified atom stereocenters. The smallest absolute Gasteiger partial charge is 0.293 e. The molecule has 0 saturated carbocycles. The third kappa shape index (κ3) is 5.71. The molecule has 1 aliphatic heterocycles. The zero-order valence-electron chi connectivity index (χ0n) is 20.4. The van der Waals surface area contributed by atoms with E-state index in [0.29, 0.717) is 34.1 Å². The number of rotatable bonds is 8. The molecule has 1 saturated heterocycles. The summed E-state index contributed by atoms with van der Waals surface area (Å²) in [6, 6.07) is 23.7. The normalized spacial score (nSPS) is 14.5. The highest BCUT2D eigenvalue weighted by molar-refractivity contribution is 14.1. The summed E-state index contributed by atoms with van der Waals surface area (Å²) in [7, 11) is 0. The van der Waals surface area contributed by atoms with Crippen LogP contribution in [0.2, 0.25) is 0 Å². The summed E-state index contributed by atoms with van der Waals surface area (Å²) in [5, 5.41) is 1.77. The van der Waals surface area contributed by atoms with E-state index in [9.17, 15) is 14.0 Å². The molecule has 4 aromatic carbocycles. The zero-order chi connectivity index (χ0) is 26.6. The van der Waals surface area contributed by atoms with Crippen LogP contribution in [0, 0.1) is 9.39 Å². The first kappa shape index (κ1) is 26.2. The summed E-state index contributed by atoms with van der Waals surface area (Å²) < 4.78 is 26.1. The highest BCUT2D eigenvalue weighted by atomic mass is 127. The fraction of sp³-hybridized carbons (Fsp3) is 0.133. The Hall–Kier alpha value is -3.37. The van der Waals surface area contributed by atoms with Crippen molar-refractivity contribution in [3.63, 3.8) is 0 Å². The molecular weight excluding hydrogens is 616 g/mol. The van der Waals surface area contributed by atoms with Crippen molar-refractivity contribution in [3.05, 3.63) is 110 Å². The molecule has 0 atom stereocenters. The Bertz CT molecular complexity index is 1570. The minimum Gasteiger partial charge on any atom is -0.490 e. The second kappa shape index (κ2) is 11.6. The van der Waals surface area contributed by atoms with Gasteiger partial charge in [-0.3, -0.25) is 14.5 Å². The van der Waals surface area contributed by atoms with Crippen LogP contribution in [0.4, 0.5) is 9.18 Å². The Morgan fingerprint density at radius 3 is 2.58 bits per heavy atom. The van der Waals surface area contributed by atoms with Gasteiger partial charge in [-0.1, -0.05) is 54.6 Å². The van der Waals surface area contributed by atoms with Crippen LogP contribution in [0.15, 0.2) is 83.8 Å². The first-order valence-electron chi connectivity index (χ1n) is 12.0. The number of carbonyl (C=O) groups is 2. The van der Waals surface area contributed by atoms with Crippen molar-refractivity contribution in [2.24, 2.45) is 0 Å². The molecule has 8 heteroatoms. The Labute approximate surface area is 237 Å². The van der Waals surface area contributed by atoms with Gasteiger partial charge >= 0.3 is 0 Å². The maximum absolute atomic E-state index is 13.6. The van der Waals surface area contributed by atoms with E-state index in [1.54, 1.807) is 24.3 Å². The molecule has 0 aromatic heterocycles. The fourth-order valence-electron chi connectivity index (χ4n) is 4.24. The van der Waals surface area contributed by atoms with Crippen molar-refractivity contribution >= 4 is 62.3 Å². The van der Waals surface area contributed by atoms with Crippen molar-refractivity contribution in [1.82, 2.24) is 4.90 Å². The van der Waals surface area contributed by atoms with Gasteiger partial charge in [0.15, 0.2) is 11.5 Å². The average molecular weight is 639 g/mol. The largest absolute Gasteiger partial charge is 0.490 e. The first-order valence-corrected chi connectivity index (χ1v) is 13.9. The minimum atomic E-state index is -0.327. The summed E-state index contributed by atoms with van der Waals surface area (Å²) in [4.78, 5) is 27.7. The summed E-state index contributed by atoms with van der Waals surface area (Å²) >= 11 is 3.07. The van der Waals surface area contributed by atoms with Gasteiger partial charge in [0.05, 0.1) is 21.6 Å². The first-order chi connectivity index (χ1) is 18.4. The lowest BCUT2D eigenvalue weighted by molar-refractivity contribution is -0.123. The van der Waals surface area contributed by atoms with Crippen molar-refractivity contribution in [1.29, 1.82) is 0 Å². The predicted molar refractivity (Wildman–Crippen MR) is 157 cm³/mol. The van der Waals surface area contributed by atoms with E-state index < -0.39 is 0 Å². The van der Waals surface area contributed by atoms with Crippen LogP contribution in [0.1, 0.15) is 23.6 Å². The SMILES string of the molecule is CCOc1cc(/C=C2/SC(=O)N(Cc3cccc4ccccc34)C2=O)cc(I)c1OCc1cccc(F)c1. The highest BCUT2D eigenvalue weighted by Crippen LogP contribution is 2.38. The topological polar surface area (TPSA) is 55.8 Å². The summed E-state index contributed by atoms with van der Waals surface area (Å²) in [5.41, 5.74) is 2.33. The number of thioether (sulfide) groups is 1. The van der Waals surface area contributed by atoms with Gasteiger partial charge in [0.2, 0.25) is 0 Å². The Morgan fingerprint density at radius 2 is 1.76 bits per heavy atom. The van der Waals surface area contributed by atoms with Crippen molar-refractivity contribution < 1.29 is 23.5 Å². The Balaban J connectivity index is 1.38. The van der Waals surface area contributed by atoms with E-state index in [4.69, 9.17) is 9.47 Å². The molecule has 192 valence electrons. The number of benzene rings is 4. The average Bonchev–Trinajstić information content (AvgIpc) is 3.16. The molecule has 2 amide bonds. The van der Waals surface area contributed by atoms with Crippen molar-refractivity contribution in [2.45, 2.75) is 20.1 Å². The van der Waals surface area contributed by atoms with E-state index in [0.717, 1.165) is 31.7 Å². The fourth-order valence-corrected chi connectivity index (χ4v) is 5.86. The number of nitrogens with zero attached hydrogens (tertiary/aromatic N) is 1. The standard InChI is InChI=1S/C30H23FINO4S/c1-2-36-26-15-20(14-25(32)28(26)37-18-19-7-5-11-23(31)13-19)16-27-29(34)33(30(35)38-27)17-22-10-6-9-21-8-3-4-12-24(21)22/h3-16H,2,17-18H2,1H3/b27-16+. The highest BCUT2D eigenvalue weighted by Gasteiger charge is 2.35. The lowest BCUT2D eigenvalue weighted by atomic mass is 10.0. The summed E-state index contributed by atoms with van der Waals surface area (Å²) in [6.45, 7) is 2.67.